The highest BCUT2D eigenvalue weighted by atomic mass is 32.2. The normalized spacial score (nSPS) is 20.6. The summed E-state index contributed by atoms with van der Waals surface area (Å²) in [6, 6.07) is 7.00. The molecule has 6 heteroatoms. The van der Waals surface area contributed by atoms with E-state index in [1.54, 1.807) is 30.5 Å². The molecule has 0 radical (unpaired) electrons. The van der Waals surface area contributed by atoms with Crippen LogP contribution >= 0.6 is 0 Å². The highest BCUT2D eigenvalue weighted by molar-refractivity contribution is 7.89. The van der Waals surface area contributed by atoms with Crippen LogP contribution in [-0.2, 0) is 10.0 Å². The average Bonchev–Trinajstić information content (AvgIpc) is 2.86. The third-order valence-electron chi connectivity index (χ3n) is 3.77. The number of rotatable bonds is 2. The first-order valence-corrected chi connectivity index (χ1v) is 8.07. The third-order valence-corrected chi connectivity index (χ3v) is 5.75. The van der Waals surface area contributed by atoms with Gasteiger partial charge in [0.2, 0.25) is 10.0 Å². The van der Waals surface area contributed by atoms with Gasteiger partial charge in [0.25, 0.3) is 0 Å². The van der Waals surface area contributed by atoms with Crippen LogP contribution < -0.4 is 5.73 Å². The molecule has 1 fully saturated rings. The Hall–Kier alpha value is -1.50. The molecule has 1 aliphatic rings. The minimum atomic E-state index is -3.56. The number of pyridine rings is 1. The van der Waals surface area contributed by atoms with Gasteiger partial charge in [0.15, 0.2) is 0 Å². The fourth-order valence-electron chi connectivity index (χ4n) is 2.70. The van der Waals surface area contributed by atoms with Gasteiger partial charge >= 0.3 is 0 Å². The number of fused-ring (bicyclic) bond motifs is 1. The molecule has 0 spiro atoms. The van der Waals surface area contributed by atoms with E-state index in [4.69, 9.17) is 5.73 Å². The molecule has 106 valence electrons. The second-order valence-corrected chi connectivity index (χ2v) is 6.96. The van der Waals surface area contributed by atoms with E-state index in [9.17, 15) is 8.42 Å². The Morgan fingerprint density at radius 1 is 1.35 bits per heavy atom. The number of nitrogens with two attached hydrogens (primary N) is 1. The highest BCUT2D eigenvalue weighted by Gasteiger charge is 2.34. The number of benzene rings is 1. The van der Waals surface area contributed by atoms with Gasteiger partial charge in [-0.1, -0.05) is 6.07 Å². The van der Waals surface area contributed by atoms with Crippen LogP contribution in [0, 0.1) is 6.92 Å². The second-order valence-electron chi connectivity index (χ2n) is 5.11. The number of nitrogens with zero attached hydrogens (tertiary/aromatic N) is 2. The molecule has 0 aliphatic carbocycles. The maximum Gasteiger partial charge on any atom is 0.245 e. The first-order chi connectivity index (χ1) is 9.51. The Balaban J connectivity index is 2.22. The zero-order valence-corrected chi connectivity index (χ0v) is 12.1. The molecule has 2 N–H and O–H groups in total. The standard InChI is InChI=1S/C14H17N3O2S/c1-10-6-7-12(11-4-2-8-16-14(10)11)20(18,19)17-9-3-5-13(17)15/h2,4,6-8,13H,3,5,9,15H2,1H3. The van der Waals surface area contributed by atoms with Crippen molar-refractivity contribution in [2.75, 3.05) is 6.54 Å². The smallest absolute Gasteiger partial charge is 0.245 e. The minimum absolute atomic E-state index is 0.295. The van der Waals surface area contributed by atoms with Crippen molar-refractivity contribution in [2.45, 2.75) is 30.8 Å². The van der Waals surface area contributed by atoms with Crippen molar-refractivity contribution >= 4 is 20.9 Å². The van der Waals surface area contributed by atoms with E-state index in [1.807, 2.05) is 6.92 Å². The zero-order chi connectivity index (χ0) is 14.3. The van der Waals surface area contributed by atoms with Crippen LogP contribution in [-0.4, -0.2) is 30.4 Å². The van der Waals surface area contributed by atoms with Crippen molar-refractivity contribution in [3.8, 4) is 0 Å². The summed E-state index contributed by atoms with van der Waals surface area (Å²) in [5, 5.41) is 0.659. The lowest BCUT2D eigenvalue weighted by Gasteiger charge is -2.21. The van der Waals surface area contributed by atoms with E-state index < -0.39 is 16.2 Å². The van der Waals surface area contributed by atoms with E-state index in [-0.39, 0.29) is 0 Å². The van der Waals surface area contributed by atoms with Crippen molar-refractivity contribution in [3.05, 3.63) is 36.0 Å². The minimum Gasteiger partial charge on any atom is -0.315 e. The van der Waals surface area contributed by atoms with Gasteiger partial charge in [-0.3, -0.25) is 4.98 Å². The van der Waals surface area contributed by atoms with Crippen LogP contribution in [0.1, 0.15) is 18.4 Å². The molecular weight excluding hydrogens is 274 g/mol. The van der Waals surface area contributed by atoms with Crippen LogP contribution in [0.4, 0.5) is 0 Å². The Morgan fingerprint density at radius 3 is 2.85 bits per heavy atom. The van der Waals surface area contributed by atoms with Crippen LogP contribution in [0.25, 0.3) is 10.9 Å². The van der Waals surface area contributed by atoms with Gasteiger partial charge in [-0.25, -0.2) is 8.42 Å². The van der Waals surface area contributed by atoms with Gasteiger partial charge in [0, 0.05) is 18.1 Å². The summed E-state index contributed by atoms with van der Waals surface area (Å²) in [7, 11) is -3.56. The molecular formula is C14H17N3O2S. The van der Waals surface area contributed by atoms with E-state index >= 15 is 0 Å². The summed E-state index contributed by atoms with van der Waals surface area (Å²) in [6.45, 7) is 2.41. The molecule has 1 saturated heterocycles. The zero-order valence-electron chi connectivity index (χ0n) is 11.3. The summed E-state index contributed by atoms with van der Waals surface area (Å²) >= 11 is 0. The van der Waals surface area contributed by atoms with E-state index in [2.05, 4.69) is 4.98 Å². The summed E-state index contributed by atoms with van der Waals surface area (Å²) in [4.78, 5) is 4.58. The third kappa shape index (κ3) is 2.00. The number of hydrogen-bond donors (Lipinski definition) is 1. The lowest BCUT2D eigenvalue weighted by Crippen LogP contribution is -2.40. The monoisotopic (exact) mass is 291 g/mol. The number of hydrogen-bond acceptors (Lipinski definition) is 4. The maximum atomic E-state index is 12.8. The molecule has 5 nitrogen and oxygen atoms in total. The van der Waals surface area contributed by atoms with Gasteiger partial charge < -0.3 is 5.73 Å². The van der Waals surface area contributed by atoms with Gasteiger partial charge in [0.05, 0.1) is 16.6 Å². The van der Waals surface area contributed by atoms with Gasteiger partial charge in [-0.15, -0.1) is 0 Å². The highest BCUT2D eigenvalue weighted by Crippen LogP contribution is 2.29. The van der Waals surface area contributed by atoms with Crippen molar-refractivity contribution in [1.82, 2.24) is 9.29 Å². The van der Waals surface area contributed by atoms with Crippen molar-refractivity contribution < 1.29 is 8.42 Å². The van der Waals surface area contributed by atoms with Crippen molar-refractivity contribution in [3.63, 3.8) is 0 Å². The molecule has 1 aromatic carbocycles. The predicted molar refractivity (Wildman–Crippen MR) is 77.6 cm³/mol. The maximum absolute atomic E-state index is 12.8. The Bertz CT molecular complexity index is 758. The van der Waals surface area contributed by atoms with E-state index in [1.165, 1.54) is 4.31 Å². The Morgan fingerprint density at radius 2 is 2.15 bits per heavy atom. The molecule has 1 aliphatic heterocycles. The van der Waals surface area contributed by atoms with Crippen molar-refractivity contribution in [2.24, 2.45) is 5.73 Å². The largest absolute Gasteiger partial charge is 0.315 e. The van der Waals surface area contributed by atoms with Crippen LogP contribution in [0.3, 0.4) is 0 Å². The molecule has 1 aromatic heterocycles. The molecule has 0 saturated carbocycles. The summed E-state index contributed by atoms with van der Waals surface area (Å²) in [6.07, 6.45) is 2.77. The summed E-state index contributed by atoms with van der Waals surface area (Å²) in [5.41, 5.74) is 7.59. The van der Waals surface area contributed by atoms with Crippen LogP contribution in [0.5, 0.6) is 0 Å². The number of sulfonamides is 1. The molecule has 2 heterocycles. The summed E-state index contributed by atoms with van der Waals surface area (Å²) < 4.78 is 27.0. The molecule has 0 amide bonds. The lowest BCUT2D eigenvalue weighted by molar-refractivity contribution is 0.396. The van der Waals surface area contributed by atoms with Gasteiger partial charge in [0.1, 0.15) is 0 Å². The molecule has 1 atom stereocenters. The number of aryl methyl sites for hydroxylation is 1. The van der Waals surface area contributed by atoms with E-state index in [0.717, 1.165) is 17.5 Å². The van der Waals surface area contributed by atoms with Crippen LogP contribution in [0.15, 0.2) is 35.4 Å². The Kier molecular flexibility index (Phi) is 3.24. The SMILES string of the molecule is Cc1ccc(S(=O)(=O)N2CCCC2N)c2cccnc12. The molecule has 2 aromatic rings. The fraction of sp³-hybridized carbons (Fsp3) is 0.357. The quantitative estimate of drug-likeness (QED) is 0.912. The van der Waals surface area contributed by atoms with E-state index in [0.29, 0.717) is 23.2 Å². The number of aromatic nitrogens is 1. The summed E-state index contributed by atoms with van der Waals surface area (Å²) in [5.74, 6) is 0. The van der Waals surface area contributed by atoms with Gasteiger partial charge in [-0.2, -0.15) is 4.31 Å². The molecule has 1 unspecified atom stereocenters. The predicted octanol–water partition coefficient (Wildman–Crippen LogP) is 1.61. The average molecular weight is 291 g/mol. The first kappa shape index (κ1) is 13.5. The second kappa shape index (κ2) is 4.80. The van der Waals surface area contributed by atoms with Crippen LogP contribution in [0.2, 0.25) is 0 Å². The Labute approximate surface area is 118 Å². The molecule has 20 heavy (non-hydrogen) atoms. The molecule has 0 bridgehead atoms. The van der Waals surface area contributed by atoms with Crippen molar-refractivity contribution in [1.29, 1.82) is 0 Å². The first-order valence-electron chi connectivity index (χ1n) is 6.63. The van der Waals surface area contributed by atoms with Gasteiger partial charge in [-0.05, 0) is 43.5 Å². The fourth-order valence-corrected chi connectivity index (χ4v) is 4.47. The topological polar surface area (TPSA) is 76.3 Å². The molecule has 3 rings (SSSR count). The lowest BCUT2D eigenvalue weighted by atomic mass is 10.1.